The summed E-state index contributed by atoms with van der Waals surface area (Å²) in [5, 5.41) is 9.19. The van der Waals surface area contributed by atoms with Crippen LogP contribution in [0.1, 0.15) is 13.3 Å². The van der Waals surface area contributed by atoms with Gasteiger partial charge in [0.25, 0.3) is 0 Å². The van der Waals surface area contributed by atoms with Gasteiger partial charge in [-0.25, -0.2) is 4.79 Å². The molecule has 0 saturated carbocycles. The molecule has 16 heteroatoms. The first-order valence-corrected chi connectivity index (χ1v) is 6.20. The number of rotatable bonds is 7. The maximum atomic E-state index is 13.4. The van der Waals surface area contributed by atoms with Crippen LogP contribution in [0, 0.1) is 0 Å². The molecule has 0 saturated heterocycles. The Kier molecular flexibility index (Phi) is 6.19. The highest BCUT2D eigenvalue weighted by Crippen LogP contribution is 2.61. The first-order chi connectivity index (χ1) is 11.4. The summed E-state index contributed by atoms with van der Waals surface area (Å²) in [4.78, 5) is 10.9. The van der Waals surface area contributed by atoms with Crippen LogP contribution in [-0.2, 0) is 9.53 Å². The van der Waals surface area contributed by atoms with Crippen LogP contribution in [0.5, 0.6) is 0 Å². The summed E-state index contributed by atoms with van der Waals surface area (Å²) in [6.07, 6.45) is -10.6. The van der Waals surface area contributed by atoms with Crippen molar-refractivity contribution in [1.82, 2.24) is 0 Å². The number of carbonyl (C=O) groups is 1. The van der Waals surface area contributed by atoms with Crippen molar-refractivity contribution >= 4 is 5.97 Å². The fraction of sp³-hybridized carbons (Fsp3) is 0.909. The van der Waals surface area contributed by atoms with E-state index in [-0.39, 0.29) is 6.92 Å². The first kappa shape index (κ1) is 25.5. The molecule has 0 aromatic rings. The molecule has 1 N–H and O–H groups in total. The molecule has 1 unspecified atom stereocenters. The summed E-state index contributed by atoms with van der Waals surface area (Å²) in [7, 11) is 0.403. The van der Waals surface area contributed by atoms with Crippen molar-refractivity contribution in [3.8, 4) is 0 Å². The summed E-state index contributed by atoms with van der Waals surface area (Å²) in [6.45, 7) is -0.0105. The quantitative estimate of drug-likeness (QED) is 0.484. The average molecular weight is 436 g/mol. The lowest BCUT2D eigenvalue weighted by Crippen LogP contribution is -2.70. The van der Waals surface area contributed by atoms with Gasteiger partial charge >= 0.3 is 41.8 Å². The van der Waals surface area contributed by atoms with E-state index in [2.05, 4.69) is 4.74 Å². The van der Waals surface area contributed by atoms with Gasteiger partial charge in [-0.05, 0) is 6.92 Å². The van der Waals surface area contributed by atoms with Crippen molar-refractivity contribution in [3.05, 3.63) is 0 Å². The third-order valence-corrected chi connectivity index (χ3v) is 3.19. The molecular weight excluding hydrogens is 427 g/mol. The fourth-order valence-corrected chi connectivity index (χ4v) is 1.64. The van der Waals surface area contributed by atoms with Gasteiger partial charge in [0.2, 0.25) is 0 Å². The van der Waals surface area contributed by atoms with Crippen LogP contribution in [0.2, 0.25) is 0 Å². The number of methoxy groups -OCH3 is 1. The van der Waals surface area contributed by atoms with Gasteiger partial charge < -0.3 is 9.84 Å². The van der Waals surface area contributed by atoms with E-state index in [1.54, 1.807) is 0 Å². The molecule has 0 fully saturated rings. The topological polar surface area (TPSA) is 46.5 Å². The zero-order chi connectivity index (χ0) is 22.5. The van der Waals surface area contributed by atoms with E-state index in [0.717, 1.165) is 0 Å². The van der Waals surface area contributed by atoms with Gasteiger partial charge in [0.05, 0.1) is 13.5 Å². The lowest BCUT2D eigenvalue weighted by atomic mass is 9.88. The molecule has 3 nitrogen and oxygen atoms in total. The second kappa shape index (κ2) is 6.55. The Balaban J connectivity index is 6.28. The molecule has 0 rings (SSSR count). The normalized spacial score (nSPS) is 17.5. The zero-order valence-corrected chi connectivity index (χ0v) is 12.9. The van der Waals surface area contributed by atoms with Crippen LogP contribution in [0.25, 0.3) is 0 Å². The minimum absolute atomic E-state index is 0.0105. The number of ether oxygens (including phenoxy) is 1. The minimum atomic E-state index is -8.04. The van der Waals surface area contributed by atoms with Gasteiger partial charge in [-0.1, -0.05) is 0 Å². The van der Waals surface area contributed by atoms with Gasteiger partial charge in [-0.2, -0.15) is 57.1 Å². The Morgan fingerprint density at radius 1 is 0.741 bits per heavy atom. The standard InChI is InChI=1S/C11H9F13O3/c1-5(26,4(25)27-2)3-6(12,13)7(14,15)8(16,17)9(18,19)10(20,21)11(22,23)24/h26H,3H2,1-2H3. The monoisotopic (exact) mass is 436 g/mol. The van der Waals surface area contributed by atoms with E-state index in [0.29, 0.717) is 7.11 Å². The summed E-state index contributed by atoms with van der Waals surface area (Å²) >= 11 is 0. The third-order valence-electron chi connectivity index (χ3n) is 3.19. The predicted octanol–water partition coefficient (Wildman–Crippen LogP) is 4.04. The number of carbonyl (C=O) groups excluding carboxylic acids is 1. The molecule has 0 bridgehead atoms. The Labute approximate surface area is 141 Å². The first-order valence-electron chi connectivity index (χ1n) is 6.20. The molecule has 0 spiro atoms. The Hall–Kier alpha value is -1.48. The van der Waals surface area contributed by atoms with Crippen LogP contribution in [-0.4, -0.2) is 59.6 Å². The summed E-state index contributed by atoms with van der Waals surface area (Å²) < 4.78 is 170. The van der Waals surface area contributed by atoms with Crippen LogP contribution in [0.15, 0.2) is 0 Å². The number of alkyl halides is 13. The molecule has 0 aromatic heterocycles. The summed E-state index contributed by atoms with van der Waals surface area (Å²) in [5.74, 6) is -40.1. The van der Waals surface area contributed by atoms with Gasteiger partial charge in [-0.3, -0.25) is 0 Å². The summed E-state index contributed by atoms with van der Waals surface area (Å²) in [6, 6.07) is 0. The number of halogens is 13. The number of hydrogen-bond donors (Lipinski definition) is 1. The van der Waals surface area contributed by atoms with E-state index in [1.165, 1.54) is 0 Å². The highest BCUT2D eigenvalue weighted by molar-refractivity contribution is 5.78. The number of hydrogen-bond acceptors (Lipinski definition) is 3. The third kappa shape index (κ3) is 3.76. The summed E-state index contributed by atoms with van der Waals surface area (Å²) in [5.41, 5.74) is -3.72. The van der Waals surface area contributed by atoms with Gasteiger partial charge in [0, 0.05) is 0 Å². The highest BCUT2D eigenvalue weighted by Gasteiger charge is 2.90. The zero-order valence-electron chi connectivity index (χ0n) is 12.9. The van der Waals surface area contributed by atoms with Crippen LogP contribution in [0.4, 0.5) is 57.1 Å². The van der Waals surface area contributed by atoms with Crippen molar-refractivity contribution in [2.24, 2.45) is 0 Å². The molecule has 0 heterocycles. The maximum Gasteiger partial charge on any atom is 0.460 e. The molecule has 1 atom stereocenters. The van der Waals surface area contributed by atoms with E-state index >= 15 is 0 Å². The molecule has 0 aromatic carbocycles. The molecule has 0 aliphatic rings. The lowest BCUT2D eigenvalue weighted by Gasteiger charge is -2.40. The molecule has 162 valence electrons. The van der Waals surface area contributed by atoms with Crippen molar-refractivity contribution in [1.29, 1.82) is 0 Å². The maximum absolute atomic E-state index is 13.4. The van der Waals surface area contributed by atoms with Gasteiger partial charge in [0.15, 0.2) is 5.60 Å². The van der Waals surface area contributed by atoms with Gasteiger partial charge in [0.1, 0.15) is 0 Å². The van der Waals surface area contributed by atoms with E-state index in [1.807, 2.05) is 0 Å². The molecular formula is C11H9F13O3. The Morgan fingerprint density at radius 2 is 1.07 bits per heavy atom. The average Bonchev–Trinajstić information content (AvgIpc) is 2.42. The minimum Gasteiger partial charge on any atom is -0.467 e. The molecule has 0 aliphatic carbocycles. The molecule has 27 heavy (non-hydrogen) atoms. The van der Waals surface area contributed by atoms with E-state index < -0.39 is 53.8 Å². The molecule has 0 aliphatic heterocycles. The van der Waals surface area contributed by atoms with Crippen molar-refractivity contribution in [3.63, 3.8) is 0 Å². The van der Waals surface area contributed by atoms with Crippen LogP contribution in [0.3, 0.4) is 0 Å². The largest absolute Gasteiger partial charge is 0.467 e. The van der Waals surface area contributed by atoms with Crippen molar-refractivity contribution < 1.29 is 71.7 Å². The van der Waals surface area contributed by atoms with Crippen molar-refractivity contribution in [2.75, 3.05) is 7.11 Å². The number of esters is 1. The Bertz CT molecular complexity index is 564. The van der Waals surface area contributed by atoms with Gasteiger partial charge in [-0.15, -0.1) is 0 Å². The molecule has 0 amide bonds. The van der Waals surface area contributed by atoms with Crippen molar-refractivity contribution in [2.45, 2.75) is 54.7 Å². The Morgan fingerprint density at radius 3 is 1.37 bits per heavy atom. The lowest BCUT2D eigenvalue weighted by molar-refractivity contribution is -0.441. The fourth-order valence-electron chi connectivity index (χ4n) is 1.64. The van der Waals surface area contributed by atoms with Crippen LogP contribution < -0.4 is 0 Å². The number of aliphatic hydroxyl groups is 1. The van der Waals surface area contributed by atoms with Crippen LogP contribution >= 0.6 is 0 Å². The predicted molar refractivity (Wildman–Crippen MR) is 58.0 cm³/mol. The van der Waals surface area contributed by atoms with E-state index in [4.69, 9.17) is 0 Å². The second-order valence-corrected chi connectivity index (χ2v) is 5.44. The SMILES string of the molecule is COC(=O)C(C)(O)CC(F)(F)C(F)(F)C(F)(F)C(F)(F)C(F)(F)C(F)(F)F. The van der Waals surface area contributed by atoms with E-state index in [9.17, 15) is 67.0 Å². The second-order valence-electron chi connectivity index (χ2n) is 5.44. The molecule has 0 radical (unpaired) electrons. The highest BCUT2D eigenvalue weighted by atomic mass is 19.4. The smallest absolute Gasteiger partial charge is 0.460 e.